The van der Waals surface area contributed by atoms with Gasteiger partial charge in [-0.05, 0) is 35.7 Å². The summed E-state index contributed by atoms with van der Waals surface area (Å²) in [5.74, 6) is 0.774. The van der Waals surface area contributed by atoms with Gasteiger partial charge in [-0.3, -0.25) is 9.48 Å². The van der Waals surface area contributed by atoms with Crippen molar-refractivity contribution in [3.8, 4) is 5.75 Å². The minimum atomic E-state index is -0.110. The average molecular weight is 426 g/mol. The van der Waals surface area contributed by atoms with Crippen LogP contribution in [0, 0.1) is 0 Å². The van der Waals surface area contributed by atoms with E-state index in [0.717, 1.165) is 33.5 Å². The highest BCUT2D eigenvalue weighted by molar-refractivity contribution is 9.10. The third kappa shape index (κ3) is 3.90. The Morgan fingerprint density at radius 3 is 2.93 bits per heavy atom. The number of aromatic nitrogens is 2. The van der Waals surface area contributed by atoms with Crippen LogP contribution >= 0.6 is 15.9 Å². The van der Waals surface area contributed by atoms with Crippen molar-refractivity contribution < 1.29 is 9.53 Å². The van der Waals surface area contributed by atoms with E-state index in [4.69, 9.17) is 4.74 Å². The molecule has 0 radical (unpaired) electrons. The molecule has 1 N–H and O–H groups in total. The molecule has 0 bridgehead atoms. The second-order valence-electron chi connectivity index (χ2n) is 6.73. The van der Waals surface area contributed by atoms with Crippen molar-refractivity contribution >= 4 is 21.8 Å². The molecule has 0 fully saturated rings. The fourth-order valence-corrected chi connectivity index (χ4v) is 3.78. The number of nitrogens with one attached hydrogen (secondary N) is 1. The van der Waals surface area contributed by atoms with Crippen LogP contribution in [0.25, 0.3) is 0 Å². The normalized spacial score (nSPS) is 15.7. The van der Waals surface area contributed by atoms with Crippen LogP contribution in [-0.4, -0.2) is 28.3 Å². The van der Waals surface area contributed by atoms with E-state index in [1.165, 1.54) is 0 Å². The Labute approximate surface area is 166 Å². The number of nitrogens with zero attached hydrogens (tertiary/aromatic N) is 2. The van der Waals surface area contributed by atoms with Gasteiger partial charge < -0.3 is 10.1 Å². The standard InChI is InChI=1S/C21H20BrN3O2/c1-25-19(9-14-5-3-2-4-6-14)18(12-23-25)21(26)24-17-11-15-10-16(22)7-8-20(15)27-13-17/h2-8,10,12,17H,9,11,13H2,1H3,(H,24,26). The maximum Gasteiger partial charge on any atom is 0.255 e. The summed E-state index contributed by atoms with van der Waals surface area (Å²) in [5, 5.41) is 7.40. The molecule has 3 aromatic rings. The van der Waals surface area contributed by atoms with Crippen molar-refractivity contribution in [2.75, 3.05) is 6.61 Å². The lowest BCUT2D eigenvalue weighted by Gasteiger charge is -2.26. The molecule has 2 heterocycles. The van der Waals surface area contributed by atoms with Gasteiger partial charge in [0.05, 0.1) is 23.5 Å². The molecule has 1 aromatic heterocycles. The maximum atomic E-state index is 12.9. The van der Waals surface area contributed by atoms with Gasteiger partial charge in [0.25, 0.3) is 5.91 Å². The van der Waals surface area contributed by atoms with Crippen LogP contribution in [-0.2, 0) is 19.9 Å². The summed E-state index contributed by atoms with van der Waals surface area (Å²) in [5.41, 5.74) is 3.76. The first-order valence-electron chi connectivity index (χ1n) is 8.87. The predicted octanol–water partition coefficient (Wildman–Crippen LogP) is 3.51. The molecular formula is C21H20BrN3O2. The topological polar surface area (TPSA) is 56.2 Å². The van der Waals surface area contributed by atoms with E-state index in [1.807, 2.05) is 43.4 Å². The molecule has 4 rings (SSSR count). The van der Waals surface area contributed by atoms with Crippen molar-refractivity contribution in [3.05, 3.63) is 81.6 Å². The molecule has 1 atom stereocenters. The lowest BCUT2D eigenvalue weighted by Crippen LogP contribution is -2.43. The van der Waals surface area contributed by atoms with Crippen LogP contribution in [0.4, 0.5) is 0 Å². The smallest absolute Gasteiger partial charge is 0.255 e. The number of hydrogen-bond acceptors (Lipinski definition) is 3. The van der Waals surface area contributed by atoms with Gasteiger partial charge in [0.15, 0.2) is 0 Å². The minimum Gasteiger partial charge on any atom is -0.491 e. The Morgan fingerprint density at radius 2 is 2.11 bits per heavy atom. The van der Waals surface area contributed by atoms with E-state index < -0.39 is 0 Å². The van der Waals surface area contributed by atoms with Gasteiger partial charge in [0.2, 0.25) is 0 Å². The van der Waals surface area contributed by atoms with Crippen LogP contribution < -0.4 is 10.1 Å². The number of rotatable bonds is 4. The van der Waals surface area contributed by atoms with E-state index in [2.05, 4.69) is 38.5 Å². The molecule has 0 spiro atoms. The average Bonchev–Trinajstić information content (AvgIpc) is 3.03. The fourth-order valence-electron chi connectivity index (χ4n) is 3.37. The first-order chi connectivity index (χ1) is 13.1. The number of fused-ring (bicyclic) bond motifs is 1. The molecule has 0 saturated carbocycles. The molecule has 27 heavy (non-hydrogen) atoms. The fraction of sp³-hybridized carbons (Fsp3) is 0.238. The van der Waals surface area contributed by atoms with Gasteiger partial charge in [-0.1, -0.05) is 46.3 Å². The molecule has 0 saturated heterocycles. The highest BCUT2D eigenvalue weighted by Gasteiger charge is 2.24. The second-order valence-corrected chi connectivity index (χ2v) is 7.64. The third-order valence-corrected chi connectivity index (χ3v) is 5.28. The molecule has 1 aliphatic rings. The number of carbonyl (C=O) groups excluding carboxylic acids is 1. The maximum absolute atomic E-state index is 12.9. The summed E-state index contributed by atoms with van der Waals surface area (Å²) in [6, 6.07) is 16.0. The van der Waals surface area contributed by atoms with Crippen LogP contribution in [0.3, 0.4) is 0 Å². The van der Waals surface area contributed by atoms with E-state index >= 15 is 0 Å². The lowest BCUT2D eigenvalue weighted by atomic mass is 10.0. The highest BCUT2D eigenvalue weighted by Crippen LogP contribution is 2.28. The van der Waals surface area contributed by atoms with Crippen LogP contribution in [0.1, 0.15) is 27.2 Å². The first kappa shape index (κ1) is 17.8. The Kier molecular flexibility index (Phi) is 4.99. The van der Waals surface area contributed by atoms with E-state index in [1.54, 1.807) is 10.9 Å². The zero-order chi connectivity index (χ0) is 18.8. The largest absolute Gasteiger partial charge is 0.491 e. The van der Waals surface area contributed by atoms with Crippen LogP contribution in [0.15, 0.2) is 59.2 Å². The highest BCUT2D eigenvalue weighted by atomic mass is 79.9. The van der Waals surface area contributed by atoms with Crippen molar-refractivity contribution in [1.82, 2.24) is 15.1 Å². The first-order valence-corrected chi connectivity index (χ1v) is 9.66. The molecule has 0 aliphatic carbocycles. The van der Waals surface area contributed by atoms with Gasteiger partial charge in [-0.2, -0.15) is 5.10 Å². The molecule has 1 amide bonds. The summed E-state index contributed by atoms with van der Waals surface area (Å²) in [6.07, 6.45) is 3.05. The number of aryl methyl sites for hydroxylation is 1. The number of halogens is 1. The Balaban J connectivity index is 1.49. The summed E-state index contributed by atoms with van der Waals surface area (Å²) in [6.45, 7) is 0.467. The van der Waals surface area contributed by atoms with E-state index in [9.17, 15) is 4.79 Å². The number of benzene rings is 2. The zero-order valence-electron chi connectivity index (χ0n) is 15.0. The summed E-state index contributed by atoms with van der Waals surface area (Å²) in [7, 11) is 1.87. The Morgan fingerprint density at radius 1 is 1.30 bits per heavy atom. The van der Waals surface area contributed by atoms with E-state index in [0.29, 0.717) is 18.6 Å². The van der Waals surface area contributed by atoms with Gasteiger partial charge in [0.1, 0.15) is 12.4 Å². The number of hydrogen-bond donors (Lipinski definition) is 1. The number of ether oxygens (including phenoxy) is 1. The second kappa shape index (κ2) is 7.56. The van der Waals surface area contributed by atoms with Crippen LogP contribution in [0.2, 0.25) is 0 Å². The molecule has 5 nitrogen and oxygen atoms in total. The molecule has 1 aliphatic heterocycles. The molecule has 1 unspecified atom stereocenters. The SMILES string of the molecule is Cn1ncc(C(=O)NC2COc3ccc(Br)cc3C2)c1Cc1ccccc1. The third-order valence-electron chi connectivity index (χ3n) is 4.78. The van der Waals surface area contributed by atoms with Gasteiger partial charge in [-0.25, -0.2) is 0 Å². The molecular weight excluding hydrogens is 406 g/mol. The molecule has 138 valence electrons. The Hall–Kier alpha value is -2.60. The van der Waals surface area contributed by atoms with Crippen molar-refractivity contribution in [1.29, 1.82) is 0 Å². The van der Waals surface area contributed by atoms with Crippen LogP contribution in [0.5, 0.6) is 5.75 Å². The van der Waals surface area contributed by atoms with Gasteiger partial charge >= 0.3 is 0 Å². The van der Waals surface area contributed by atoms with Crippen molar-refractivity contribution in [2.24, 2.45) is 7.05 Å². The van der Waals surface area contributed by atoms with Gasteiger partial charge in [-0.15, -0.1) is 0 Å². The monoisotopic (exact) mass is 425 g/mol. The summed E-state index contributed by atoms with van der Waals surface area (Å²) < 4.78 is 8.58. The lowest BCUT2D eigenvalue weighted by molar-refractivity contribution is 0.0914. The Bertz CT molecular complexity index is 969. The minimum absolute atomic E-state index is 0.0657. The quantitative estimate of drug-likeness (QED) is 0.695. The summed E-state index contributed by atoms with van der Waals surface area (Å²) in [4.78, 5) is 12.9. The molecule has 6 heteroatoms. The predicted molar refractivity (Wildman–Crippen MR) is 107 cm³/mol. The number of carbonyl (C=O) groups is 1. The van der Waals surface area contributed by atoms with E-state index in [-0.39, 0.29) is 11.9 Å². The zero-order valence-corrected chi connectivity index (χ0v) is 16.6. The molecule has 2 aromatic carbocycles. The number of amides is 1. The van der Waals surface area contributed by atoms with Crippen molar-refractivity contribution in [2.45, 2.75) is 18.9 Å². The van der Waals surface area contributed by atoms with Gasteiger partial charge in [0, 0.05) is 17.9 Å². The summed E-state index contributed by atoms with van der Waals surface area (Å²) >= 11 is 3.49. The van der Waals surface area contributed by atoms with Crippen molar-refractivity contribution in [3.63, 3.8) is 0 Å².